The van der Waals surface area contributed by atoms with Crippen LogP contribution in [0.25, 0.3) is 10.8 Å². The lowest BCUT2D eigenvalue weighted by Gasteiger charge is -2.51. The zero-order valence-corrected chi connectivity index (χ0v) is 25.7. The molecule has 7 rings (SSSR count). The van der Waals surface area contributed by atoms with E-state index in [1.165, 1.54) is 18.2 Å². The number of amides is 4. The van der Waals surface area contributed by atoms with E-state index in [-0.39, 0.29) is 49.2 Å². The standard InChI is InChI=1S/C34H27Cl2FN2O7/c35-33-16-23-21(12-13-22-26(23)30(44)38(29(22)43)15-3-6-25(41)42)28(27-20-5-2-1-4-17(20)7-14-24(27)40)34(33,36)32(46)39(31(33)45)19-10-8-18(37)9-11-19/h1-2,4-5,7-12,14,22-23,26,28,40H,3,6,13,15-16H2,(H,41,42). The molecule has 3 aromatic carbocycles. The number of likely N-dealkylation sites (tertiary alicyclic amines) is 1. The van der Waals surface area contributed by atoms with Crippen molar-refractivity contribution in [3.63, 3.8) is 0 Å². The second-order valence-corrected chi connectivity index (χ2v) is 13.5. The number of hydrogen-bond acceptors (Lipinski definition) is 6. The summed E-state index contributed by atoms with van der Waals surface area (Å²) in [5, 5.41) is 21.8. The van der Waals surface area contributed by atoms with Crippen molar-refractivity contribution >= 4 is 69.3 Å². The summed E-state index contributed by atoms with van der Waals surface area (Å²) >= 11 is 14.8. The van der Waals surface area contributed by atoms with Crippen LogP contribution in [0.3, 0.4) is 0 Å². The van der Waals surface area contributed by atoms with Crippen LogP contribution in [-0.4, -0.2) is 61.0 Å². The molecule has 2 heterocycles. The molecule has 6 atom stereocenters. The number of fused-ring (bicyclic) bond motifs is 5. The zero-order valence-electron chi connectivity index (χ0n) is 24.2. The summed E-state index contributed by atoms with van der Waals surface area (Å²) in [4.78, 5) is 65.1. The molecule has 46 heavy (non-hydrogen) atoms. The summed E-state index contributed by atoms with van der Waals surface area (Å²) in [6.45, 7) is -0.0756. The maximum atomic E-state index is 14.5. The molecule has 3 fully saturated rings. The van der Waals surface area contributed by atoms with Crippen LogP contribution in [0.15, 0.2) is 72.3 Å². The maximum absolute atomic E-state index is 14.5. The topological polar surface area (TPSA) is 132 Å². The van der Waals surface area contributed by atoms with Crippen LogP contribution in [-0.2, 0) is 24.0 Å². The highest BCUT2D eigenvalue weighted by atomic mass is 35.5. The first-order chi connectivity index (χ1) is 21.9. The van der Waals surface area contributed by atoms with E-state index in [4.69, 9.17) is 28.3 Å². The Balaban J connectivity index is 1.42. The fourth-order valence-corrected chi connectivity index (χ4v) is 8.90. The molecule has 4 amide bonds. The number of aliphatic carboxylic acids is 1. The fourth-order valence-electron chi connectivity index (χ4n) is 7.98. The van der Waals surface area contributed by atoms with E-state index >= 15 is 0 Å². The van der Waals surface area contributed by atoms with Gasteiger partial charge in [-0.1, -0.05) is 42.0 Å². The minimum absolute atomic E-state index is 0.0540. The van der Waals surface area contributed by atoms with E-state index in [9.17, 15) is 33.5 Å². The molecular formula is C34H27Cl2FN2O7. The number of rotatable bonds is 6. The molecule has 236 valence electrons. The Labute approximate surface area is 272 Å². The van der Waals surface area contributed by atoms with Gasteiger partial charge in [0.2, 0.25) is 11.8 Å². The van der Waals surface area contributed by atoms with Gasteiger partial charge in [-0.25, -0.2) is 9.29 Å². The largest absolute Gasteiger partial charge is 0.508 e. The average molecular weight is 666 g/mol. The van der Waals surface area contributed by atoms with Gasteiger partial charge in [0.05, 0.1) is 17.5 Å². The molecule has 2 aliphatic heterocycles. The van der Waals surface area contributed by atoms with Crippen molar-refractivity contribution in [3.05, 3.63) is 83.7 Å². The molecule has 2 aliphatic carbocycles. The van der Waals surface area contributed by atoms with Crippen LogP contribution in [0.5, 0.6) is 5.75 Å². The van der Waals surface area contributed by atoms with Gasteiger partial charge < -0.3 is 10.2 Å². The highest BCUT2D eigenvalue weighted by molar-refractivity contribution is 6.58. The van der Waals surface area contributed by atoms with Gasteiger partial charge in [0.15, 0.2) is 9.75 Å². The number of aromatic hydroxyl groups is 1. The van der Waals surface area contributed by atoms with Crippen molar-refractivity contribution in [2.24, 2.45) is 17.8 Å². The van der Waals surface area contributed by atoms with Crippen molar-refractivity contribution < 1.29 is 38.6 Å². The van der Waals surface area contributed by atoms with Gasteiger partial charge in [0, 0.05) is 24.4 Å². The monoisotopic (exact) mass is 664 g/mol. The van der Waals surface area contributed by atoms with Crippen molar-refractivity contribution in [1.29, 1.82) is 0 Å². The summed E-state index contributed by atoms with van der Waals surface area (Å²) in [5.74, 6) is -8.25. The number of carbonyl (C=O) groups excluding carboxylic acids is 4. The van der Waals surface area contributed by atoms with Gasteiger partial charge in [-0.05, 0) is 66.3 Å². The van der Waals surface area contributed by atoms with Gasteiger partial charge in [0.1, 0.15) is 11.6 Å². The first-order valence-corrected chi connectivity index (χ1v) is 15.7. The molecule has 4 aliphatic rings. The first kappa shape index (κ1) is 30.4. The van der Waals surface area contributed by atoms with Gasteiger partial charge in [-0.2, -0.15) is 0 Å². The number of carboxylic acid groups (broad SMARTS) is 1. The lowest BCUT2D eigenvalue weighted by Crippen LogP contribution is -2.60. The van der Waals surface area contributed by atoms with Gasteiger partial charge in [-0.15, -0.1) is 23.2 Å². The van der Waals surface area contributed by atoms with Gasteiger partial charge in [0.25, 0.3) is 11.8 Å². The molecule has 1 saturated carbocycles. The number of phenolic OH excluding ortho intramolecular Hbond substituents is 1. The molecule has 0 spiro atoms. The van der Waals surface area contributed by atoms with Crippen LogP contribution in [0.4, 0.5) is 10.1 Å². The predicted octanol–water partition coefficient (Wildman–Crippen LogP) is 5.11. The minimum atomic E-state index is -2.19. The van der Waals surface area contributed by atoms with Crippen molar-refractivity contribution in [2.75, 3.05) is 11.4 Å². The smallest absolute Gasteiger partial charge is 0.303 e. The average Bonchev–Trinajstić information content (AvgIpc) is 3.36. The van der Waals surface area contributed by atoms with Crippen LogP contribution < -0.4 is 4.90 Å². The third-order valence-electron chi connectivity index (χ3n) is 10.00. The van der Waals surface area contributed by atoms with Crippen LogP contribution in [0.1, 0.15) is 37.2 Å². The molecular weight excluding hydrogens is 638 g/mol. The maximum Gasteiger partial charge on any atom is 0.303 e. The second-order valence-electron chi connectivity index (χ2n) is 12.3. The van der Waals surface area contributed by atoms with Crippen molar-refractivity contribution in [3.8, 4) is 5.75 Å². The summed E-state index contributed by atoms with van der Waals surface area (Å²) in [7, 11) is 0. The number of benzene rings is 3. The molecule has 9 nitrogen and oxygen atoms in total. The molecule has 0 radical (unpaired) electrons. The minimum Gasteiger partial charge on any atom is -0.508 e. The Kier molecular flexibility index (Phi) is 7.02. The number of allylic oxidation sites excluding steroid dienone is 2. The molecule has 3 aromatic rings. The van der Waals surface area contributed by atoms with Crippen molar-refractivity contribution in [2.45, 2.75) is 41.3 Å². The fraction of sp³-hybridized carbons (Fsp3) is 0.324. The number of carboxylic acids is 1. The summed E-state index contributed by atoms with van der Waals surface area (Å²) in [6, 6.07) is 15.0. The number of alkyl halides is 2. The number of hydrogen-bond donors (Lipinski definition) is 2. The zero-order chi connectivity index (χ0) is 32.7. The molecule has 2 saturated heterocycles. The highest BCUT2D eigenvalue weighted by Crippen LogP contribution is 2.67. The lowest BCUT2D eigenvalue weighted by atomic mass is 9.56. The Morgan fingerprint density at radius 2 is 1.65 bits per heavy atom. The number of carbonyl (C=O) groups is 5. The Bertz CT molecular complexity index is 1900. The number of imide groups is 2. The molecule has 2 N–H and O–H groups in total. The lowest BCUT2D eigenvalue weighted by molar-refractivity contribution is -0.142. The normalized spacial score (nSPS) is 30.4. The first-order valence-electron chi connectivity index (χ1n) is 14.9. The second kappa shape index (κ2) is 10.6. The molecule has 0 aromatic heterocycles. The van der Waals surface area contributed by atoms with Crippen molar-refractivity contribution in [1.82, 2.24) is 4.90 Å². The SMILES string of the molecule is O=C(O)CCCN1C(=O)C2CC=C3C(CC4(Cl)C(=O)N(c5ccc(F)cc5)C(=O)C4(Cl)C3c3c(O)ccc4ccccc34)C2C1=O. The predicted molar refractivity (Wildman–Crippen MR) is 166 cm³/mol. The van der Waals surface area contributed by atoms with E-state index in [2.05, 4.69) is 0 Å². The summed E-state index contributed by atoms with van der Waals surface area (Å²) in [6.07, 6.45) is 1.48. The summed E-state index contributed by atoms with van der Waals surface area (Å²) < 4.78 is 13.9. The third-order valence-corrected chi connectivity index (χ3v) is 11.4. The third kappa shape index (κ3) is 4.09. The Morgan fingerprint density at radius 1 is 0.935 bits per heavy atom. The van der Waals surface area contributed by atoms with Crippen LogP contribution >= 0.6 is 23.2 Å². The number of halogens is 3. The quantitative estimate of drug-likeness (QED) is 0.213. The molecule has 0 bridgehead atoms. The number of phenols is 1. The van der Waals surface area contributed by atoms with E-state index in [1.54, 1.807) is 24.3 Å². The van der Waals surface area contributed by atoms with Crippen LogP contribution in [0.2, 0.25) is 0 Å². The molecule has 12 heteroatoms. The van der Waals surface area contributed by atoms with E-state index in [0.29, 0.717) is 11.0 Å². The Morgan fingerprint density at radius 3 is 2.37 bits per heavy atom. The Hall–Kier alpha value is -4.28. The van der Waals surface area contributed by atoms with E-state index < -0.39 is 68.8 Å². The number of nitrogens with zero attached hydrogens (tertiary/aromatic N) is 2. The summed E-state index contributed by atoms with van der Waals surface area (Å²) in [5.41, 5.74) is 0.817. The van der Waals surface area contributed by atoms with Gasteiger partial charge >= 0.3 is 5.97 Å². The van der Waals surface area contributed by atoms with E-state index in [0.717, 1.165) is 27.3 Å². The highest BCUT2D eigenvalue weighted by Gasteiger charge is 2.77. The van der Waals surface area contributed by atoms with E-state index in [1.807, 2.05) is 12.1 Å². The van der Waals surface area contributed by atoms with Gasteiger partial charge in [-0.3, -0.25) is 28.9 Å². The van der Waals surface area contributed by atoms with Crippen LogP contribution in [0, 0.1) is 23.6 Å². The number of anilines is 1. The molecule has 6 unspecified atom stereocenters.